The molecule has 6 nitrogen and oxygen atoms in total. The number of alkyl halides is 2. The van der Waals surface area contributed by atoms with E-state index < -0.39 is 12.4 Å². The molecule has 30 heavy (non-hydrogen) atoms. The van der Waals surface area contributed by atoms with Crippen LogP contribution in [0.25, 0.3) is 5.69 Å². The molecule has 9 heteroatoms. The molecule has 2 aromatic carbocycles. The fourth-order valence-corrected chi connectivity index (χ4v) is 2.93. The van der Waals surface area contributed by atoms with E-state index in [0.29, 0.717) is 5.96 Å². The normalized spacial score (nSPS) is 12.7. The second-order valence-electron chi connectivity index (χ2n) is 6.43. The molecular formula is C21H22F3N5O. The topological polar surface area (TPSA) is 63.5 Å². The van der Waals surface area contributed by atoms with Crippen LogP contribution in [0.4, 0.5) is 13.2 Å². The van der Waals surface area contributed by atoms with E-state index in [2.05, 4.69) is 25.5 Å². The van der Waals surface area contributed by atoms with Crippen LogP contribution in [0.3, 0.4) is 0 Å². The van der Waals surface area contributed by atoms with Crippen molar-refractivity contribution in [3.05, 3.63) is 77.9 Å². The van der Waals surface area contributed by atoms with Gasteiger partial charge in [0.25, 0.3) is 0 Å². The first-order valence-electron chi connectivity index (χ1n) is 9.27. The lowest BCUT2D eigenvalue weighted by Crippen LogP contribution is -2.38. The third-order valence-electron chi connectivity index (χ3n) is 4.44. The molecule has 0 aliphatic carbocycles. The average molecular weight is 417 g/mol. The Hall–Kier alpha value is -3.49. The average Bonchev–Trinajstić information content (AvgIpc) is 3.27. The molecule has 0 aliphatic heterocycles. The summed E-state index contributed by atoms with van der Waals surface area (Å²) in [5, 5.41) is 10.4. The Bertz CT molecular complexity index is 992. The van der Waals surface area contributed by atoms with E-state index in [1.807, 2.05) is 43.5 Å². The number of halogens is 3. The van der Waals surface area contributed by atoms with Crippen molar-refractivity contribution in [2.75, 3.05) is 7.05 Å². The number of hydrogen-bond donors (Lipinski definition) is 2. The maximum Gasteiger partial charge on any atom is 0.387 e. The molecule has 0 fully saturated rings. The molecule has 1 heterocycles. The molecule has 3 aromatic rings. The first kappa shape index (κ1) is 21.2. The van der Waals surface area contributed by atoms with E-state index in [4.69, 9.17) is 0 Å². The van der Waals surface area contributed by atoms with Gasteiger partial charge in [-0.1, -0.05) is 18.2 Å². The SMILES string of the molecule is CN=C(NCc1c(F)cccc1OC(F)F)NC(C)c1cccc(-n2cccn2)c1. The Morgan fingerprint density at radius 3 is 2.70 bits per heavy atom. The Morgan fingerprint density at radius 1 is 1.20 bits per heavy atom. The summed E-state index contributed by atoms with van der Waals surface area (Å²) in [6.07, 6.45) is 3.56. The van der Waals surface area contributed by atoms with Crippen molar-refractivity contribution in [3.63, 3.8) is 0 Å². The van der Waals surface area contributed by atoms with Crippen LogP contribution < -0.4 is 15.4 Å². The van der Waals surface area contributed by atoms with Crippen LogP contribution in [0.1, 0.15) is 24.1 Å². The fraction of sp³-hybridized carbons (Fsp3) is 0.238. The van der Waals surface area contributed by atoms with Crippen LogP contribution in [-0.4, -0.2) is 29.4 Å². The first-order valence-corrected chi connectivity index (χ1v) is 9.27. The lowest BCUT2D eigenvalue weighted by Gasteiger charge is -2.20. The van der Waals surface area contributed by atoms with E-state index >= 15 is 0 Å². The van der Waals surface area contributed by atoms with Gasteiger partial charge in [-0.15, -0.1) is 0 Å². The van der Waals surface area contributed by atoms with Gasteiger partial charge in [0, 0.05) is 31.5 Å². The summed E-state index contributed by atoms with van der Waals surface area (Å²) >= 11 is 0. The molecule has 1 aromatic heterocycles. The Balaban J connectivity index is 1.68. The lowest BCUT2D eigenvalue weighted by atomic mass is 10.1. The Morgan fingerprint density at radius 2 is 2.00 bits per heavy atom. The molecule has 0 amide bonds. The molecule has 0 spiro atoms. The summed E-state index contributed by atoms with van der Waals surface area (Å²) < 4.78 is 45.5. The number of hydrogen-bond acceptors (Lipinski definition) is 3. The fourth-order valence-electron chi connectivity index (χ4n) is 2.93. The van der Waals surface area contributed by atoms with Crippen LogP contribution in [0.15, 0.2) is 65.9 Å². The van der Waals surface area contributed by atoms with Gasteiger partial charge in [-0.25, -0.2) is 9.07 Å². The second-order valence-corrected chi connectivity index (χ2v) is 6.43. The van der Waals surface area contributed by atoms with Crippen LogP contribution in [0, 0.1) is 5.82 Å². The smallest absolute Gasteiger partial charge is 0.387 e. The van der Waals surface area contributed by atoms with Gasteiger partial charge >= 0.3 is 6.61 Å². The van der Waals surface area contributed by atoms with Crippen molar-refractivity contribution in [1.82, 2.24) is 20.4 Å². The number of aromatic nitrogens is 2. The van der Waals surface area contributed by atoms with E-state index in [1.54, 1.807) is 17.9 Å². The van der Waals surface area contributed by atoms with Gasteiger partial charge < -0.3 is 15.4 Å². The van der Waals surface area contributed by atoms with Crippen molar-refractivity contribution in [2.45, 2.75) is 26.1 Å². The molecule has 0 bridgehead atoms. The summed E-state index contributed by atoms with van der Waals surface area (Å²) in [4.78, 5) is 4.13. The zero-order valence-electron chi connectivity index (χ0n) is 16.5. The van der Waals surface area contributed by atoms with E-state index in [1.165, 1.54) is 18.2 Å². The van der Waals surface area contributed by atoms with Gasteiger partial charge in [-0.3, -0.25) is 4.99 Å². The number of nitrogens with one attached hydrogen (secondary N) is 2. The highest BCUT2D eigenvalue weighted by atomic mass is 19.3. The molecule has 0 saturated carbocycles. The minimum Gasteiger partial charge on any atom is -0.434 e. The predicted molar refractivity (Wildman–Crippen MR) is 108 cm³/mol. The minimum absolute atomic E-state index is 0.00548. The summed E-state index contributed by atoms with van der Waals surface area (Å²) in [7, 11) is 1.57. The summed E-state index contributed by atoms with van der Waals surface area (Å²) in [5.74, 6) is -0.470. The number of ether oxygens (including phenoxy) is 1. The largest absolute Gasteiger partial charge is 0.434 e. The highest BCUT2D eigenvalue weighted by Gasteiger charge is 2.15. The van der Waals surface area contributed by atoms with Crippen LogP contribution in [0.5, 0.6) is 5.75 Å². The van der Waals surface area contributed by atoms with Crippen molar-refractivity contribution in [2.24, 2.45) is 4.99 Å². The molecule has 158 valence electrons. The third-order valence-corrected chi connectivity index (χ3v) is 4.44. The molecule has 2 N–H and O–H groups in total. The summed E-state index contributed by atoms with van der Waals surface area (Å²) in [6.45, 7) is -1.16. The van der Waals surface area contributed by atoms with Crippen molar-refractivity contribution in [1.29, 1.82) is 0 Å². The van der Waals surface area contributed by atoms with Crippen LogP contribution in [-0.2, 0) is 6.54 Å². The van der Waals surface area contributed by atoms with Crippen LogP contribution in [0.2, 0.25) is 0 Å². The molecule has 1 unspecified atom stereocenters. The predicted octanol–water partition coefficient (Wildman–Crippen LogP) is 4.04. The van der Waals surface area contributed by atoms with Gasteiger partial charge in [0.15, 0.2) is 5.96 Å². The molecule has 0 aliphatic rings. The Kier molecular flexibility index (Phi) is 6.95. The van der Waals surface area contributed by atoms with Crippen molar-refractivity contribution in [3.8, 4) is 11.4 Å². The lowest BCUT2D eigenvalue weighted by molar-refractivity contribution is -0.0506. The molecule has 0 radical (unpaired) electrons. The number of rotatable bonds is 7. The van der Waals surface area contributed by atoms with E-state index in [-0.39, 0.29) is 23.9 Å². The van der Waals surface area contributed by atoms with Gasteiger partial charge in [-0.05, 0) is 42.8 Å². The van der Waals surface area contributed by atoms with Gasteiger partial charge in [-0.2, -0.15) is 13.9 Å². The van der Waals surface area contributed by atoms with E-state index in [9.17, 15) is 13.2 Å². The van der Waals surface area contributed by atoms with Gasteiger partial charge in [0.2, 0.25) is 0 Å². The zero-order valence-corrected chi connectivity index (χ0v) is 16.5. The maximum absolute atomic E-state index is 14.1. The molecule has 1 atom stereocenters. The number of aliphatic imine (C=N–C) groups is 1. The minimum atomic E-state index is -3.04. The third kappa shape index (κ3) is 5.31. The van der Waals surface area contributed by atoms with Gasteiger partial charge in [0.05, 0.1) is 11.7 Å². The summed E-state index contributed by atoms with van der Waals surface area (Å²) in [6, 6.07) is 13.3. The van der Waals surface area contributed by atoms with E-state index in [0.717, 1.165) is 11.3 Å². The first-order chi connectivity index (χ1) is 14.5. The second kappa shape index (κ2) is 9.82. The maximum atomic E-state index is 14.1. The molecule has 3 rings (SSSR count). The number of benzene rings is 2. The van der Waals surface area contributed by atoms with Crippen molar-refractivity contribution < 1.29 is 17.9 Å². The van der Waals surface area contributed by atoms with Crippen LogP contribution >= 0.6 is 0 Å². The highest BCUT2D eigenvalue weighted by molar-refractivity contribution is 5.80. The zero-order chi connectivity index (χ0) is 21.5. The molecule has 0 saturated heterocycles. The van der Waals surface area contributed by atoms with Gasteiger partial charge in [0.1, 0.15) is 11.6 Å². The number of guanidine groups is 1. The molecular weight excluding hydrogens is 395 g/mol. The van der Waals surface area contributed by atoms with Crippen molar-refractivity contribution >= 4 is 5.96 Å². The summed E-state index contributed by atoms with van der Waals surface area (Å²) in [5.41, 5.74) is 1.89. The highest BCUT2D eigenvalue weighted by Crippen LogP contribution is 2.23. The monoisotopic (exact) mass is 417 g/mol. The number of nitrogens with zero attached hydrogens (tertiary/aromatic N) is 3. The Labute approximate surface area is 172 Å². The standard InChI is InChI=1S/C21H22F3N5O/c1-14(15-6-3-7-16(12-15)29-11-5-10-27-29)28-21(25-2)26-13-17-18(22)8-4-9-19(17)30-20(23)24/h3-12,14,20H,13H2,1-2H3,(H2,25,26,28). The quantitative estimate of drug-likeness (QED) is 0.450.